The van der Waals surface area contributed by atoms with Crippen LogP contribution in [0.15, 0.2) is 29.3 Å². The zero-order valence-corrected chi connectivity index (χ0v) is 20.6. The molecule has 0 saturated carbocycles. The third kappa shape index (κ3) is 12.0. The third-order valence-electron chi connectivity index (χ3n) is 4.29. The van der Waals surface area contributed by atoms with Crippen molar-refractivity contribution in [2.45, 2.75) is 53.1 Å². The number of guanidine groups is 1. The Bertz CT molecular complexity index is 617. The van der Waals surface area contributed by atoms with E-state index in [9.17, 15) is 9.18 Å². The SMILES string of the molecule is CCNC(=NCCN(C(C)C)C(C)C)NCCNC(=O)Cc1cccc(F)c1.I. The molecule has 1 aromatic rings. The minimum atomic E-state index is -0.327. The standard InChI is InChI=1S/C21H36FN5O.HI/c1-6-23-21(26-12-13-27(16(2)3)17(4)5)25-11-10-24-20(28)15-18-8-7-9-19(22)14-18;/h7-9,14,16-17H,6,10-13,15H2,1-5H3,(H,24,28)(H2,23,25,26);1H. The summed E-state index contributed by atoms with van der Waals surface area (Å²) >= 11 is 0. The van der Waals surface area contributed by atoms with Crippen molar-refractivity contribution in [2.75, 3.05) is 32.7 Å². The van der Waals surface area contributed by atoms with Gasteiger partial charge in [-0.1, -0.05) is 12.1 Å². The van der Waals surface area contributed by atoms with E-state index in [-0.39, 0.29) is 42.1 Å². The van der Waals surface area contributed by atoms with Gasteiger partial charge in [-0.15, -0.1) is 24.0 Å². The van der Waals surface area contributed by atoms with E-state index in [0.717, 1.165) is 19.0 Å². The Morgan fingerprint density at radius 2 is 1.76 bits per heavy atom. The van der Waals surface area contributed by atoms with Gasteiger partial charge in [0.05, 0.1) is 13.0 Å². The Balaban J connectivity index is 0.00000784. The summed E-state index contributed by atoms with van der Waals surface area (Å²) in [4.78, 5) is 19.0. The van der Waals surface area contributed by atoms with Crippen LogP contribution in [0.5, 0.6) is 0 Å². The number of nitrogens with one attached hydrogen (secondary N) is 3. The molecule has 0 heterocycles. The van der Waals surface area contributed by atoms with Gasteiger partial charge in [0.25, 0.3) is 0 Å². The first-order valence-electron chi connectivity index (χ1n) is 10.1. The quantitative estimate of drug-likeness (QED) is 0.181. The fraction of sp³-hybridized carbons (Fsp3) is 0.619. The summed E-state index contributed by atoms with van der Waals surface area (Å²) in [6.45, 7) is 14.2. The minimum Gasteiger partial charge on any atom is -0.357 e. The van der Waals surface area contributed by atoms with Crippen LogP contribution in [0.2, 0.25) is 0 Å². The van der Waals surface area contributed by atoms with Crippen LogP contribution < -0.4 is 16.0 Å². The van der Waals surface area contributed by atoms with Crippen molar-refractivity contribution in [3.8, 4) is 0 Å². The first-order chi connectivity index (χ1) is 13.3. The molecule has 29 heavy (non-hydrogen) atoms. The Morgan fingerprint density at radius 1 is 1.10 bits per heavy atom. The van der Waals surface area contributed by atoms with E-state index in [2.05, 4.69) is 53.5 Å². The van der Waals surface area contributed by atoms with E-state index in [1.54, 1.807) is 12.1 Å². The molecule has 6 nitrogen and oxygen atoms in total. The monoisotopic (exact) mass is 521 g/mol. The van der Waals surface area contributed by atoms with Gasteiger partial charge in [-0.3, -0.25) is 14.7 Å². The van der Waals surface area contributed by atoms with E-state index in [1.807, 2.05) is 6.92 Å². The van der Waals surface area contributed by atoms with Gasteiger partial charge in [0.1, 0.15) is 5.82 Å². The van der Waals surface area contributed by atoms with E-state index >= 15 is 0 Å². The lowest BCUT2D eigenvalue weighted by Crippen LogP contribution is -2.43. The molecule has 0 unspecified atom stereocenters. The van der Waals surface area contributed by atoms with Crippen molar-refractivity contribution in [1.82, 2.24) is 20.9 Å². The highest BCUT2D eigenvalue weighted by Gasteiger charge is 2.12. The molecule has 0 spiro atoms. The predicted octanol–water partition coefficient (Wildman–Crippen LogP) is 2.78. The largest absolute Gasteiger partial charge is 0.357 e. The highest BCUT2D eigenvalue weighted by molar-refractivity contribution is 14.0. The second kappa shape index (κ2) is 15.4. The summed E-state index contributed by atoms with van der Waals surface area (Å²) in [5.41, 5.74) is 0.667. The fourth-order valence-electron chi connectivity index (χ4n) is 3.01. The van der Waals surface area contributed by atoms with Crippen LogP contribution in [-0.4, -0.2) is 61.6 Å². The van der Waals surface area contributed by atoms with Crippen molar-refractivity contribution in [2.24, 2.45) is 4.99 Å². The number of amides is 1. The van der Waals surface area contributed by atoms with E-state index < -0.39 is 0 Å². The number of aliphatic imine (C=N–C) groups is 1. The molecule has 3 N–H and O–H groups in total. The topological polar surface area (TPSA) is 68.8 Å². The van der Waals surface area contributed by atoms with Gasteiger partial charge < -0.3 is 16.0 Å². The molecule has 1 rings (SSSR count). The van der Waals surface area contributed by atoms with Crippen LogP contribution >= 0.6 is 24.0 Å². The van der Waals surface area contributed by atoms with E-state index in [0.29, 0.717) is 37.3 Å². The Morgan fingerprint density at radius 3 is 2.34 bits per heavy atom. The fourth-order valence-corrected chi connectivity index (χ4v) is 3.01. The highest BCUT2D eigenvalue weighted by atomic mass is 127. The van der Waals surface area contributed by atoms with Crippen LogP contribution in [0.25, 0.3) is 0 Å². The van der Waals surface area contributed by atoms with E-state index in [1.165, 1.54) is 12.1 Å². The number of halogens is 2. The molecule has 0 aromatic heterocycles. The Hall–Kier alpha value is -1.42. The van der Waals surface area contributed by atoms with Crippen LogP contribution in [0, 0.1) is 5.82 Å². The average Bonchev–Trinajstić information content (AvgIpc) is 2.61. The molecule has 0 aliphatic heterocycles. The number of nitrogens with zero attached hydrogens (tertiary/aromatic N) is 2. The maximum Gasteiger partial charge on any atom is 0.224 e. The lowest BCUT2D eigenvalue weighted by molar-refractivity contribution is -0.120. The second-order valence-electron chi connectivity index (χ2n) is 7.27. The predicted molar refractivity (Wildman–Crippen MR) is 129 cm³/mol. The summed E-state index contributed by atoms with van der Waals surface area (Å²) in [7, 11) is 0. The molecule has 0 aliphatic rings. The number of carbonyl (C=O) groups is 1. The van der Waals surface area contributed by atoms with Crippen LogP contribution in [0.1, 0.15) is 40.2 Å². The summed E-state index contributed by atoms with van der Waals surface area (Å²) in [6, 6.07) is 7.07. The Labute approximate surface area is 192 Å². The molecular formula is C21H37FIN5O. The van der Waals surface area contributed by atoms with Crippen LogP contribution in [0.3, 0.4) is 0 Å². The van der Waals surface area contributed by atoms with Crippen LogP contribution in [-0.2, 0) is 11.2 Å². The number of carbonyl (C=O) groups excluding carboxylic acids is 1. The summed E-state index contributed by atoms with van der Waals surface area (Å²) in [6.07, 6.45) is 0.173. The normalized spacial score (nSPS) is 11.6. The first kappa shape index (κ1) is 27.6. The highest BCUT2D eigenvalue weighted by Crippen LogP contribution is 2.04. The van der Waals surface area contributed by atoms with Crippen LogP contribution in [0.4, 0.5) is 4.39 Å². The summed E-state index contributed by atoms with van der Waals surface area (Å²) in [5, 5.41) is 9.28. The number of benzene rings is 1. The molecule has 1 amide bonds. The number of rotatable bonds is 11. The number of hydrogen-bond donors (Lipinski definition) is 3. The minimum absolute atomic E-state index is 0. The molecule has 1 aromatic carbocycles. The van der Waals surface area contributed by atoms with Crippen molar-refractivity contribution >= 4 is 35.8 Å². The lowest BCUT2D eigenvalue weighted by Gasteiger charge is -2.29. The molecule has 0 atom stereocenters. The molecule has 0 aliphatic carbocycles. The lowest BCUT2D eigenvalue weighted by atomic mass is 10.1. The molecule has 0 saturated heterocycles. The second-order valence-corrected chi connectivity index (χ2v) is 7.27. The van der Waals surface area contributed by atoms with Gasteiger partial charge in [0.2, 0.25) is 5.91 Å². The smallest absolute Gasteiger partial charge is 0.224 e. The maximum absolute atomic E-state index is 13.2. The molecular weight excluding hydrogens is 484 g/mol. The van der Waals surface area contributed by atoms with Crippen molar-refractivity contribution in [1.29, 1.82) is 0 Å². The maximum atomic E-state index is 13.2. The molecule has 0 radical (unpaired) electrons. The average molecular weight is 521 g/mol. The van der Waals surface area contributed by atoms with Gasteiger partial charge >= 0.3 is 0 Å². The summed E-state index contributed by atoms with van der Waals surface area (Å²) < 4.78 is 13.2. The van der Waals surface area contributed by atoms with E-state index in [4.69, 9.17) is 0 Å². The van der Waals surface area contributed by atoms with Gasteiger partial charge in [0, 0.05) is 38.3 Å². The Kier molecular flexibility index (Phi) is 14.7. The zero-order valence-electron chi connectivity index (χ0n) is 18.3. The zero-order chi connectivity index (χ0) is 20.9. The summed E-state index contributed by atoms with van der Waals surface area (Å²) in [5.74, 6) is 0.292. The molecule has 0 bridgehead atoms. The van der Waals surface area contributed by atoms with Gasteiger partial charge in [-0.25, -0.2) is 4.39 Å². The van der Waals surface area contributed by atoms with Gasteiger partial charge in [0.15, 0.2) is 5.96 Å². The third-order valence-corrected chi connectivity index (χ3v) is 4.29. The van der Waals surface area contributed by atoms with Crippen molar-refractivity contribution in [3.05, 3.63) is 35.6 Å². The van der Waals surface area contributed by atoms with Gasteiger partial charge in [-0.05, 0) is 52.3 Å². The van der Waals surface area contributed by atoms with Crippen molar-refractivity contribution < 1.29 is 9.18 Å². The molecule has 0 fully saturated rings. The van der Waals surface area contributed by atoms with Gasteiger partial charge in [-0.2, -0.15) is 0 Å². The van der Waals surface area contributed by atoms with Crippen molar-refractivity contribution in [3.63, 3.8) is 0 Å². The number of hydrogen-bond acceptors (Lipinski definition) is 3. The molecule has 166 valence electrons. The molecule has 8 heteroatoms. The first-order valence-corrected chi connectivity index (χ1v) is 10.1.